The Hall–Kier alpha value is -0.530. The van der Waals surface area contributed by atoms with Gasteiger partial charge in [0, 0.05) is 0 Å². The smallest absolute Gasteiger partial charge is 0.308 e. The van der Waals surface area contributed by atoms with Crippen molar-refractivity contribution in [1.29, 1.82) is 0 Å². The summed E-state index contributed by atoms with van der Waals surface area (Å²) in [5.74, 6) is 0.956. The summed E-state index contributed by atoms with van der Waals surface area (Å²) in [6.45, 7) is 5.16. The van der Waals surface area contributed by atoms with Gasteiger partial charge in [-0.25, -0.2) is 0 Å². The summed E-state index contributed by atoms with van der Waals surface area (Å²) in [5.41, 5.74) is 0. The standard InChI is InChI=1S/C20H38O2/c1-3-4-5-6-7-8-9-10-11-12-16-22-20(21)19-15-13-14-18(2)17-19/h18-19H,3-17H2,1-2H3/t18-,19+/m1/s1. The number of hydrogen-bond acceptors (Lipinski definition) is 2. The largest absolute Gasteiger partial charge is 0.465 e. The summed E-state index contributed by atoms with van der Waals surface area (Å²) in [6, 6.07) is 0. The molecule has 0 heterocycles. The van der Waals surface area contributed by atoms with E-state index < -0.39 is 0 Å². The molecule has 2 atom stereocenters. The van der Waals surface area contributed by atoms with Gasteiger partial charge in [-0.1, -0.05) is 84.5 Å². The lowest BCUT2D eigenvalue weighted by Crippen LogP contribution is -2.24. The van der Waals surface area contributed by atoms with Gasteiger partial charge >= 0.3 is 5.97 Å². The van der Waals surface area contributed by atoms with Crippen LogP contribution in [0.2, 0.25) is 0 Å². The zero-order valence-corrected chi connectivity index (χ0v) is 15.1. The summed E-state index contributed by atoms with van der Waals surface area (Å²) in [7, 11) is 0. The molecule has 1 aliphatic carbocycles. The number of unbranched alkanes of at least 4 members (excludes halogenated alkanes) is 9. The van der Waals surface area contributed by atoms with E-state index in [-0.39, 0.29) is 11.9 Å². The van der Waals surface area contributed by atoms with Crippen LogP contribution in [0, 0.1) is 11.8 Å². The minimum atomic E-state index is 0.0717. The van der Waals surface area contributed by atoms with Gasteiger partial charge in [0.15, 0.2) is 0 Å². The Bertz CT molecular complexity index is 275. The molecule has 0 bridgehead atoms. The Morgan fingerprint density at radius 2 is 1.50 bits per heavy atom. The van der Waals surface area contributed by atoms with E-state index in [9.17, 15) is 4.79 Å². The van der Waals surface area contributed by atoms with Gasteiger partial charge in [-0.15, -0.1) is 0 Å². The van der Waals surface area contributed by atoms with Crippen LogP contribution in [0.4, 0.5) is 0 Å². The fraction of sp³-hybridized carbons (Fsp3) is 0.950. The molecular formula is C20H38O2. The summed E-state index contributed by atoms with van der Waals surface area (Å²) in [4.78, 5) is 12.0. The van der Waals surface area contributed by atoms with Gasteiger partial charge in [-0.05, 0) is 25.2 Å². The fourth-order valence-corrected chi connectivity index (χ4v) is 3.53. The number of carbonyl (C=O) groups is 1. The molecule has 0 spiro atoms. The third-order valence-electron chi connectivity index (χ3n) is 5.01. The van der Waals surface area contributed by atoms with Gasteiger partial charge in [-0.2, -0.15) is 0 Å². The topological polar surface area (TPSA) is 26.3 Å². The number of hydrogen-bond donors (Lipinski definition) is 0. The second kappa shape index (κ2) is 13.0. The summed E-state index contributed by atoms with van der Waals surface area (Å²) in [6.07, 6.45) is 17.8. The SMILES string of the molecule is CCCCCCCCCCCCOC(=O)[C@H]1CCC[C@@H](C)C1. The summed E-state index contributed by atoms with van der Waals surface area (Å²) in [5, 5.41) is 0. The molecule has 0 unspecified atom stereocenters. The van der Waals surface area contributed by atoms with Crippen molar-refractivity contribution >= 4 is 5.97 Å². The highest BCUT2D eigenvalue weighted by Gasteiger charge is 2.25. The normalized spacial score (nSPS) is 21.7. The third-order valence-corrected chi connectivity index (χ3v) is 5.01. The van der Waals surface area contributed by atoms with Crippen molar-refractivity contribution in [1.82, 2.24) is 0 Å². The molecule has 1 fully saturated rings. The molecule has 0 radical (unpaired) electrons. The first-order valence-corrected chi connectivity index (χ1v) is 9.90. The average molecular weight is 311 g/mol. The van der Waals surface area contributed by atoms with Crippen LogP contribution in [-0.2, 0) is 9.53 Å². The zero-order valence-electron chi connectivity index (χ0n) is 15.1. The highest BCUT2D eigenvalue weighted by Crippen LogP contribution is 2.29. The second-order valence-electron chi connectivity index (χ2n) is 7.32. The lowest BCUT2D eigenvalue weighted by Gasteiger charge is -2.25. The van der Waals surface area contributed by atoms with Crippen molar-refractivity contribution < 1.29 is 9.53 Å². The first-order valence-electron chi connectivity index (χ1n) is 9.90. The van der Waals surface area contributed by atoms with Gasteiger partial charge in [0.1, 0.15) is 0 Å². The first kappa shape index (κ1) is 19.5. The van der Waals surface area contributed by atoms with Crippen molar-refractivity contribution in [3.8, 4) is 0 Å². The van der Waals surface area contributed by atoms with E-state index in [1.807, 2.05) is 0 Å². The highest BCUT2D eigenvalue weighted by molar-refractivity contribution is 5.72. The molecule has 2 nitrogen and oxygen atoms in total. The Kier molecular flexibility index (Phi) is 11.5. The molecule has 2 heteroatoms. The highest BCUT2D eigenvalue weighted by atomic mass is 16.5. The molecule has 0 aromatic carbocycles. The quantitative estimate of drug-likeness (QED) is 0.313. The Morgan fingerprint density at radius 1 is 0.909 bits per heavy atom. The average Bonchev–Trinajstić information content (AvgIpc) is 2.52. The predicted molar refractivity (Wildman–Crippen MR) is 93.9 cm³/mol. The van der Waals surface area contributed by atoms with Crippen LogP contribution in [0.1, 0.15) is 104 Å². The minimum absolute atomic E-state index is 0.0717. The van der Waals surface area contributed by atoms with E-state index in [0.717, 1.165) is 19.3 Å². The van der Waals surface area contributed by atoms with Crippen LogP contribution in [0.3, 0.4) is 0 Å². The van der Waals surface area contributed by atoms with Crippen LogP contribution in [-0.4, -0.2) is 12.6 Å². The van der Waals surface area contributed by atoms with E-state index in [4.69, 9.17) is 4.74 Å². The van der Waals surface area contributed by atoms with Crippen LogP contribution >= 0.6 is 0 Å². The van der Waals surface area contributed by atoms with Crippen LogP contribution in [0.25, 0.3) is 0 Å². The molecule has 0 N–H and O–H groups in total. The van der Waals surface area contributed by atoms with Gasteiger partial charge in [-0.3, -0.25) is 4.79 Å². The van der Waals surface area contributed by atoms with Gasteiger partial charge < -0.3 is 4.74 Å². The molecule has 130 valence electrons. The number of carbonyl (C=O) groups excluding carboxylic acids is 1. The van der Waals surface area contributed by atoms with E-state index in [1.165, 1.54) is 70.6 Å². The van der Waals surface area contributed by atoms with Crippen LogP contribution in [0.5, 0.6) is 0 Å². The maximum absolute atomic E-state index is 12.0. The second-order valence-corrected chi connectivity index (χ2v) is 7.32. The number of esters is 1. The Labute approximate surface area is 138 Å². The molecule has 0 aliphatic heterocycles. The van der Waals surface area contributed by atoms with E-state index in [2.05, 4.69) is 13.8 Å². The predicted octanol–water partition coefficient (Wildman–Crippen LogP) is 6.28. The molecule has 0 aromatic rings. The number of ether oxygens (including phenoxy) is 1. The van der Waals surface area contributed by atoms with E-state index >= 15 is 0 Å². The Balaban J connectivity index is 1.85. The molecule has 22 heavy (non-hydrogen) atoms. The summed E-state index contributed by atoms with van der Waals surface area (Å²) >= 11 is 0. The van der Waals surface area contributed by atoms with Crippen molar-refractivity contribution in [3.05, 3.63) is 0 Å². The monoisotopic (exact) mass is 310 g/mol. The van der Waals surface area contributed by atoms with Gasteiger partial charge in [0.25, 0.3) is 0 Å². The third kappa shape index (κ3) is 9.48. The lowest BCUT2D eigenvalue weighted by molar-refractivity contribution is -0.150. The van der Waals surface area contributed by atoms with Gasteiger partial charge in [0.05, 0.1) is 12.5 Å². The lowest BCUT2D eigenvalue weighted by atomic mass is 9.82. The maximum Gasteiger partial charge on any atom is 0.308 e. The molecule has 0 saturated heterocycles. The zero-order chi connectivity index (χ0) is 16.0. The Morgan fingerprint density at radius 3 is 2.09 bits per heavy atom. The molecule has 0 aromatic heterocycles. The van der Waals surface area contributed by atoms with E-state index in [0.29, 0.717) is 12.5 Å². The first-order chi connectivity index (χ1) is 10.7. The molecule has 0 amide bonds. The summed E-state index contributed by atoms with van der Waals surface area (Å²) < 4.78 is 5.46. The van der Waals surface area contributed by atoms with Crippen LogP contribution in [0.15, 0.2) is 0 Å². The fourth-order valence-electron chi connectivity index (χ4n) is 3.53. The van der Waals surface area contributed by atoms with Crippen molar-refractivity contribution in [2.75, 3.05) is 6.61 Å². The van der Waals surface area contributed by atoms with Gasteiger partial charge in [0.2, 0.25) is 0 Å². The molecular weight excluding hydrogens is 272 g/mol. The maximum atomic E-state index is 12.0. The van der Waals surface area contributed by atoms with Crippen LogP contribution < -0.4 is 0 Å². The van der Waals surface area contributed by atoms with Crippen molar-refractivity contribution in [2.45, 2.75) is 104 Å². The van der Waals surface area contributed by atoms with Crippen molar-refractivity contribution in [2.24, 2.45) is 11.8 Å². The minimum Gasteiger partial charge on any atom is -0.465 e. The molecule has 1 rings (SSSR count). The molecule has 1 aliphatic rings. The molecule has 1 saturated carbocycles. The van der Waals surface area contributed by atoms with Crippen molar-refractivity contribution in [3.63, 3.8) is 0 Å². The van der Waals surface area contributed by atoms with E-state index in [1.54, 1.807) is 0 Å². The number of rotatable bonds is 12.